The molecule has 0 aliphatic heterocycles. The standard InChI is InChI=1S/C12H24B2N2O2/c1-11(2)4-8(16-10(14)18)5-12(3,6-11)7-15-9(13)17/h8H,4-7,13-14H2,1-3H3,(H,15,17)(H,16,18). The van der Waals surface area contributed by atoms with Crippen molar-refractivity contribution in [3.63, 3.8) is 0 Å². The third kappa shape index (κ3) is 4.75. The van der Waals surface area contributed by atoms with Crippen molar-refractivity contribution in [2.45, 2.75) is 46.1 Å². The molecule has 4 nitrogen and oxygen atoms in total. The average Bonchev–Trinajstić information content (AvgIpc) is 2.10. The van der Waals surface area contributed by atoms with Crippen LogP contribution in [-0.4, -0.2) is 39.9 Å². The van der Waals surface area contributed by atoms with E-state index in [1.165, 1.54) is 0 Å². The van der Waals surface area contributed by atoms with Crippen LogP contribution in [0.4, 0.5) is 9.59 Å². The van der Waals surface area contributed by atoms with Gasteiger partial charge in [-0.3, -0.25) is 9.59 Å². The highest BCUT2D eigenvalue weighted by molar-refractivity contribution is 6.57. The first-order chi connectivity index (χ1) is 8.12. The van der Waals surface area contributed by atoms with Crippen molar-refractivity contribution in [3.8, 4) is 0 Å². The van der Waals surface area contributed by atoms with Gasteiger partial charge in [0.1, 0.15) is 0 Å². The highest BCUT2D eigenvalue weighted by atomic mass is 16.1. The van der Waals surface area contributed by atoms with Gasteiger partial charge in [-0.05, 0) is 30.1 Å². The van der Waals surface area contributed by atoms with E-state index in [2.05, 4.69) is 31.4 Å². The van der Waals surface area contributed by atoms with Crippen LogP contribution >= 0.6 is 0 Å². The number of rotatable bonds is 3. The van der Waals surface area contributed by atoms with Gasteiger partial charge >= 0.3 is 0 Å². The zero-order valence-electron chi connectivity index (χ0n) is 12.2. The predicted octanol–water partition coefficient (Wildman–Crippen LogP) is 0.257. The lowest BCUT2D eigenvalue weighted by Gasteiger charge is -2.47. The Morgan fingerprint density at radius 3 is 2.28 bits per heavy atom. The van der Waals surface area contributed by atoms with Crippen molar-refractivity contribution < 1.29 is 9.59 Å². The summed E-state index contributed by atoms with van der Waals surface area (Å²) in [6, 6.07) is 0.213. The third-order valence-electron chi connectivity index (χ3n) is 3.62. The van der Waals surface area contributed by atoms with Gasteiger partial charge in [0, 0.05) is 12.6 Å². The number of amides is 2. The predicted molar refractivity (Wildman–Crippen MR) is 78.5 cm³/mol. The van der Waals surface area contributed by atoms with Gasteiger partial charge in [0.25, 0.3) is 0 Å². The lowest BCUT2D eigenvalue weighted by molar-refractivity contribution is 0.0770. The molecule has 0 aromatic rings. The Labute approximate surface area is 111 Å². The number of carbonyl (C=O) groups excluding carboxylic acids is 2. The fourth-order valence-electron chi connectivity index (χ4n) is 3.50. The van der Waals surface area contributed by atoms with E-state index in [9.17, 15) is 9.59 Å². The summed E-state index contributed by atoms with van der Waals surface area (Å²) >= 11 is 0. The van der Waals surface area contributed by atoms with Gasteiger partial charge < -0.3 is 10.6 Å². The van der Waals surface area contributed by atoms with Crippen molar-refractivity contribution in [1.29, 1.82) is 0 Å². The van der Waals surface area contributed by atoms with Crippen molar-refractivity contribution in [1.82, 2.24) is 10.6 Å². The molecule has 1 saturated carbocycles. The molecule has 1 aliphatic rings. The molecular formula is C12H24B2N2O2. The second-order valence-electron chi connectivity index (χ2n) is 6.87. The summed E-state index contributed by atoms with van der Waals surface area (Å²) < 4.78 is 0. The second-order valence-corrected chi connectivity index (χ2v) is 6.87. The van der Waals surface area contributed by atoms with Crippen molar-refractivity contribution in [2.24, 2.45) is 10.8 Å². The first kappa shape index (κ1) is 15.1. The first-order valence-corrected chi connectivity index (χ1v) is 6.63. The number of carbonyl (C=O) groups is 2. The number of hydrogen-bond acceptors (Lipinski definition) is 2. The van der Waals surface area contributed by atoms with Crippen LogP contribution in [0.15, 0.2) is 0 Å². The fourth-order valence-corrected chi connectivity index (χ4v) is 3.50. The smallest absolute Gasteiger partial charge is 0.215 e. The van der Waals surface area contributed by atoms with Crippen LogP contribution < -0.4 is 10.6 Å². The fraction of sp³-hybridized carbons (Fsp3) is 0.833. The zero-order valence-corrected chi connectivity index (χ0v) is 12.2. The second kappa shape index (κ2) is 5.37. The van der Waals surface area contributed by atoms with Gasteiger partial charge in [-0.1, -0.05) is 20.8 Å². The van der Waals surface area contributed by atoms with Crippen molar-refractivity contribution in [2.75, 3.05) is 6.54 Å². The minimum Gasteiger partial charge on any atom is -0.365 e. The molecule has 2 atom stereocenters. The Kier molecular flexibility index (Phi) is 4.51. The Morgan fingerprint density at radius 1 is 1.17 bits per heavy atom. The molecule has 0 saturated heterocycles. The molecule has 0 spiro atoms. The van der Waals surface area contributed by atoms with E-state index >= 15 is 0 Å². The van der Waals surface area contributed by atoms with E-state index < -0.39 is 0 Å². The molecule has 1 rings (SSSR count). The molecule has 100 valence electrons. The molecule has 6 heteroatoms. The van der Waals surface area contributed by atoms with Gasteiger partial charge in [0.2, 0.25) is 15.7 Å². The van der Waals surface area contributed by atoms with Crippen LogP contribution in [0.1, 0.15) is 40.0 Å². The Hall–Kier alpha value is -0.930. The minimum atomic E-state index is 0.00989. The molecule has 1 aliphatic carbocycles. The zero-order chi connectivity index (χ0) is 14.0. The molecule has 0 heterocycles. The van der Waals surface area contributed by atoms with Gasteiger partial charge in [-0.15, -0.1) is 0 Å². The van der Waals surface area contributed by atoms with Crippen LogP contribution in [0.25, 0.3) is 0 Å². The largest absolute Gasteiger partial charge is 0.365 e. The highest BCUT2D eigenvalue weighted by Gasteiger charge is 2.41. The summed E-state index contributed by atoms with van der Waals surface area (Å²) in [4.78, 5) is 22.3. The summed E-state index contributed by atoms with van der Waals surface area (Å²) in [6.45, 7) is 7.33. The van der Waals surface area contributed by atoms with E-state index in [4.69, 9.17) is 0 Å². The van der Waals surface area contributed by atoms with Crippen LogP contribution in [0.5, 0.6) is 0 Å². The van der Waals surface area contributed by atoms with Crippen LogP contribution in [0, 0.1) is 10.8 Å². The third-order valence-corrected chi connectivity index (χ3v) is 3.62. The summed E-state index contributed by atoms with van der Waals surface area (Å²) in [5, 5.41) is 5.94. The first-order valence-electron chi connectivity index (χ1n) is 6.63. The van der Waals surface area contributed by atoms with E-state index in [0.717, 1.165) is 19.3 Å². The summed E-state index contributed by atoms with van der Waals surface area (Å²) in [6.07, 6.45) is 2.99. The molecule has 0 radical (unpaired) electrons. The van der Waals surface area contributed by atoms with E-state index in [-0.39, 0.29) is 28.5 Å². The Balaban J connectivity index is 2.72. The molecule has 0 bridgehead atoms. The summed E-state index contributed by atoms with van der Waals surface area (Å²) in [7, 11) is 3.11. The van der Waals surface area contributed by atoms with E-state index in [0.29, 0.717) is 6.54 Å². The van der Waals surface area contributed by atoms with Crippen LogP contribution in [0.2, 0.25) is 0 Å². The summed E-state index contributed by atoms with van der Waals surface area (Å²) in [5.41, 5.74) is 0.249. The number of hydrogen-bond donors (Lipinski definition) is 2. The van der Waals surface area contributed by atoms with Gasteiger partial charge in [-0.2, -0.15) is 0 Å². The molecule has 2 unspecified atom stereocenters. The average molecular weight is 250 g/mol. The van der Waals surface area contributed by atoms with Crippen LogP contribution in [-0.2, 0) is 0 Å². The van der Waals surface area contributed by atoms with Gasteiger partial charge in [0.05, 0.1) is 0 Å². The molecule has 0 aromatic heterocycles. The monoisotopic (exact) mass is 250 g/mol. The molecule has 0 aromatic carbocycles. The lowest BCUT2D eigenvalue weighted by Crippen LogP contribution is -2.50. The molecule has 1 fully saturated rings. The normalized spacial score (nSPS) is 30.5. The molecular weight excluding hydrogens is 226 g/mol. The van der Waals surface area contributed by atoms with Crippen molar-refractivity contribution >= 4 is 27.3 Å². The minimum absolute atomic E-state index is 0.00989. The van der Waals surface area contributed by atoms with Gasteiger partial charge in [0.15, 0.2) is 11.6 Å². The van der Waals surface area contributed by atoms with E-state index in [1.54, 1.807) is 15.7 Å². The molecule has 2 N–H and O–H groups in total. The summed E-state index contributed by atoms with van der Waals surface area (Å²) in [5.74, 6) is 0.0373. The molecule has 18 heavy (non-hydrogen) atoms. The lowest BCUT2D eigenvalue weighted by atomic mass is 9.62. The quantitative estimate of drug-likeness (QED) is 0.705. The van der Waals surface area contributed by atoms with Crippen molar-refractivity contribution in [3.05, 3.63) is 0 Å². The Bertz CT molecular complexity index is 347. The Morgan fingerprint density at radius 2 is 1.78 bits per heavy atom. The number of nitrogens with one attached hydrogen (secondary N) is 2. The van der Waals surface area contributed by atoms with E-state index in [1.807, 2.05) is 0 Å². The van der Waals surface area contributed by atoms with Crippen LogP contribution in [0.3, 0.4) is 0 Å². The maximum absolute atomic E-state index is 11.2. The topological polar surface area (TPSA) is 58.2 Å². The highest BCUT2D eigenvalue weighted by Crippen LogP contribution is 2.45. The molecule has 2 amide bonds. The SMILES string of the molecule is BC(=O)NCC1(C)CC(NC(B)=O)CC(C)(C)C1. The maximum Gasteiger partial charge on any atom is 0.215 e. The maximum atomic E-state index is 11.2. The van der Waals surface area contributed by atoms with Gasteiger partial charge in [-0.25, -0.2) is 0 Å².